The lowest BCUT2D eigenvalue weighted by Gasteiger charge is -2.14. The summed E-state index contributed by atoms with van der Waals surface area (Å²) in [6.45, 7) is 5.13. The summed E-state index contributed by atoms with van der Waals surface area (Å²) in [7, 11) is 1.43. The van der Waals surface area contributed by atoms with Gasteiger partial charge in [0.2, 0.25) is 0 Å². The van der Waals surface area contributed by atoms with E-state index in [1.807, 2.05) is 50.2 Å². The van der Waals surface area contributed by atoms with Crippen LogP contribution in [0.1, 0.15) is 23.6 Å². The molecule has 0 heterocycles. The first-order chi connectivity index (χ1) is 11.0. The quantitative estimate of drug-likeness (QED) is 0.284. The van der Waals surface area contributed by atoms with Crippen molar-refractivity contribution in [3.05, 3.63) is 59.2 Å². The lowest BCUT2D eigenvalue weighted by atomic mass is 10.1. The molecule has 0 N–H and O–H groups in total. The summed E-state index contributed by atoms with van der Waals surface area (Å²) in [6.07, 6.45) is 0. The predicted octanol–water partition coefficient (Wildman–Crippen LogP) is 3.62. The van der Waals surface area contributed by atoms with E-state index in [4.69, 9.17) is 14.3 Å². The van der Waals surface area contributed by atoms with Crippen LogP contribution < -0.4 is 9.47 Å². The highest BCUT2D eigenvalue weighted by atomic mass is 16.6. The first kappa shape index (κ1) is 16.5. The summed E-state index contributed by atoms with van der Waals surface area (Å²) in [5.74, 6) is 0.873. The molecule has 5 nitrogen and oxygen atoms in total. The van der Waals surface area contributed by atoms with Gasteiger partial charge in [-0.2, -0.15) is 0 Å². The Bertz CT molecular complexity index is 738. The second-order valence-electron chi connectivity index (χ2n) is 4.99. The number of esters is 1. The molecule has 5 heteroatoms. The number of aryl methyl sites for hydroxylation is 2. The lowest BCUT2D eigenvalue weighted by Crippen LogP contribution is -2.15. The molecule has 0 fully saturated rings. The molecule has 23 heavy (non-hydrogen) atoms. The van der Waals surface area contributed by atoms with E-state index in [9.17, 15) is 4.79 Å². The smallest absolute Gasteiger partial charge is 0.308 e. The summed E-state index contributed by atoms with van der Waals surface area (Å²) in [5, 5.41) is 3.94. The van der Waals surface area contributed by atoms with Crippen LogP contribution in [0.4, 0.5) is 0 Å². The van der Waals surface area contributed by atoms with Gasteiger partial charge < -0.3 is 14.3 Å². The number of ether oxygens (including phenoxy) is 2. The molecule has 0 saturated heterocycles. The highest BCUT2D eigenvalue weighted by Gasteiger charge is 2.18. The molecule has 0 aliphatic heterocycles. The maximum Gasteiger partial charge on any atom is 0.308 e. The normalized spacial score (nSPS) is 11.0. The van der Waals surface area contributed by atoms with Crippen molar-refractivity contribution in [3.63, 3.8) is 0 Å². The van der Waals surface area contributed by atoms with E-state index in [2.05, 4.69) is 5.16 Å². The Morgan fingerprint density at radius 3 is 2.30 bits per heavy atom. The summed E-state index contributed by atoms with van der Waals surface area (Å²) >= 11 is 0. The first-order valence-electron chi connectivity index (χ1n) is 7.16. The summed E-state index contributed by atoms with van der Waals surface area (Å²) < 4.78 is 11.2. The van der Waals surface area contributed by atoms with Crippen molar-refractivity contribution in [1.29, 1.82) is 0 Å². The Labute approximate surface area is 135 Å². The number of carbonyl (C=O) groups excluding carboxylic acids is 1. The number of para-hydroxylation sites is 2. The Hall–Kier alpha value is -2.82. The van der Waals surface area contributed by atoms with Crippen molar-refractivity contribution < 1.29 is 19.1 Å². The number of rotatable bonds is 4. The molecule has 0 aliphatic rings. The second kappa shape index (κ2) is 7.45. The molecule has 0 saturated carbocycles. The second-order valence-corrected chi connectivity index (χ2v) is 4.99. The van der Waals surface area contributed by atoms with Crippen molar-refractivity contribution in [2.45, 2.75) is 20.8 Å². The monoisotopic (exact) mass is 313 g/mol. The SMILES string of the molecule is CON=C(Oc1ccccc1C)c1cccc(C)c1OC(C)=O. The van der Waals surface area contributed by atoms with Gasteiger partial charge in [-0.1, -0.05) is 30.3 Å². The fourth-order valence-corrected chi connectivity index (χ4v) is 2.08. The average molecular weight is 313 g/mol. The highest BCUT2D eigenvalue weighted by Crippen LogP contribution is 2.27. The summed E-state index contributed by atoms with van der Waals surface area (Å²) in [4.78, 5) is 16.3. The van der Waals surface area contributed by atoms with Crippen molar-refractivity contribution in [2.75, 3.05) is 7.11 Å². The molecule has 0 unspecified atom stereocenters. The number of oxime groups is 1. The minimum atomic E-state index is -0.409. The van der Waals surface area contributed by atoms with Crippen LogP contribution in [0.2, 0.25) is 0 Å². The zero-order valence-electron chi connectivity index (χ0n) is 13.6. The molecule has 0 radical (unpaired) electrons. The molecule has 0 aliphatic carbocycles. The fourth-order valence-electron chi connectivity index (χ4n) is 2.08. The van der Waals surface area contributed by atoms with E-state index in [0.717, 1.165) is 11.1 Å². The summed E-state index contributed by atoms with van der Waals surface area (Å²) in [6, 6.07) is 13.0. The topological polar surface area (TPSA) is 57.1 Å². The number of hydrogen-bond acceptors (Lipinski definition) is 5. The Balaban J connectivity index is 2.47. The zero-order valence-corrected chi connectivity index (χ0v) is 13.6. The van der Waals surface area contributed by atoms with E-state index in [1.165, 1.54) is 14.0 Å². The largest absolute Gasteiger partial charge is 0.436 e. The van der Waals surface area contributed by atoms with E-state index in [1.54, 1.807) is 6.07 Å². The molecule has 2 rings (SSSR count). The van der Waals surface area contributed by atoms with Gasteiger partial charge in [0.15, 0.2) is 0 Å². The van der Waals surface area contributed by atoms with Crippen LogP contribution in [0.15, 0.2) is 47.6 Å². The van der Waals surface area contributed by atoms with Crippen molar-refractivity contribution >= 4 is 11.9 Å². The number of nitrogens with zero attached hydrogens (tertiary/aromatic N) is 1. The highest BCUT2D eigenvalue weighted by molar-refractivity contribution is 5.99. The van der Waals surface area contributed by atoms with E-state index < -0.39 is 5.97 Å². The predicted molar refractivity (Wildman–Crippen MR) is 87.8 cm³/mol. The minimum Gasteiger partial charge on any atom is -0.436 e. The van der Waals surface area contributed by atoms with Crippen LogP contribution in [0.3, 0.4) is 0 Å². The molecule has 0 spiro atoms. The third-order valence-corrected chi connectivity index (χ3v) is 3.16. The maximum absolute atomic E-state index is 11.4. The maximum atomic E-state index is 11.4. The van der Waals surface area contributed by atoms with Crippen LogP contribution in [0.25, 0.3) is 0 Å². The van der Waals surface area contributed by atoms with Crippen molar-refractivity contribution in [2.24, 2.45) is 5.16 Å². The molecule has 0 aromatic heterocycles. The van der Waals surface area contributed by atoms with Crippen LogP contribution in [-0.2, 0) is 9.63 Å². The molecule has 2 aromatic rings. The average Bonchev–Trinajstić information content (AvgIpc) is 2.50. The van der Waals surface area contributed by atoms with Crippen molar-refractivity contribution in [3.8, 4) is 11.5 Å². The van der Waals surface area contributed by atoms with E-state index in [-0.39, 0.29) is 5.90 Å². The molecule has 2 aromatic carbocycles. The number of benzene rings is 2. The van der Waals surface area contributed by atoms with Gasteiger partial charge in [0.1, 0.15) is 18.6 Å². The van der Waals surface area contributed by atoms with Gasteiger partial charge in [-0.15, -0.1) is 0 Å². The molecule has 0 amide bonds. The Morgan fingerprint density at radius 1 is 0.957 bits per heavy atom. The Kier molecular flexibility index (Phi) is 5.36. The summed E-state index contributed by atoms with van der Waals surface area (Å²) in [5.41, 5.74) is 2.30. The van der Waals surface area contributed by atoms with Gasteiger partial charge in [-0.05, 0) is 42.3 Å². The van der Waals surface area contributed by atoms with E-state index >= 15 is 0 Å². The zero-order chi connectivity index (χ0) is 16.8. The van der Waals surface area contributed by atoms with Crippen LogP contribution in [0.5, 0.6) is 11.5 Å². The van der Waals surface area contributed by atoms with E-state index in [0.29, 0.717) is 17.1 Å². The number of hydrogen-bond donors (Lipinski definition) is 0. The molecule has 0 bridgehead atoms. The van der Waals surface area contributed by atoms with Crippen molar-refractivity contribution in [1.82, 2.24) is 0 Å². The fraction of sp³-hybridized carbons (Fsp3) is 0.222. The first-order valence-corrected chi connectivity index (χ1v) is 7.16. The van der Waals surface area contributed by atoms with Gasteiger partial charge in [0.05, 0.1) is 5.56 Å². The van der Waals surface area contributed by atoms with Gasteiger partial charge in [-0.25, -0.2) is 0 Å². The van der Waals surface area contributed by atoms with Gasteiger partial charge in [0, 0.05) is 6.92 Å². The molecular weight excluding hydrogens is 294 g/mol. The molecular formula is C18H19NO4. The molecule has 120 valence electrons. The third-order valence-electron chi connectivity index (χ3n) is 3.16. The lowest BCUT2D eigenvalue weighted by molar-refractivity contribution is -0.131. The standard InChI is InChI=1S/C18H19NO4/c1-12-8-5-6-11-16(12)23-18(19-21-4)15-10-7-9-13(2)17(15)22-14(3)20/h5-11H,1-4H3. The van der Waals surface area contributed by atoms with Gasteiger partial charge in [0.25, 0.3) is 5.90 Å². The third kappa shape index (κ3) is 4.10. The van der Waals surface area contributed by atoms with Crippen LogP contribution in [0, 0.1) is 13.8 Å². The van der Waals surface area contributed by atoms with Gasteiger partial charge in [-0.3, -0.25) is 4.79 Å². The van der Waals surface area contributed by atoms with Crippen LogP contribution >= 0.6 is 0 Å². The minimum absolute atomic E-state index is 0.224. The Morgan fingerprint density at radius 2 is 1.65 bits per heavy atom. The molecule has 0 atom stereocenters. The van der Waals surface area contributed by atoms with Gasteiger partial charge >= 0.3 is 5.97 Å². The van der Waals surface area contributed by atoms with Crippen LogP contribution in [-0.4, -0.2) is 19.0 Å². The number of carbonyl (C=O) groups is 1.